The number of esters is 1. The van der Waals surface area contributed by atoms with E-state index in [1.807, 2.05) is 0 Å². The van der Waals surface area contributed by atoms with Crippen LogP contribution in [0, 0.1) is 10.1 Å². The fraction of sp³-hybridized carbons (Fsp3) is 0.150. The predicted molar refractivity (Wildman–Crippen MR) is 116 cm³/mol. The van der Waals surface area contributed by atoms with Gasteiger partial charge in [-0.15, -0.1) is 0 Å². The molecule has 3 aromatic carbocycles. The molecule has 0 saturated heterocycles. The van der Waals surface area contributed by atoms with Gasteiger partial charge in [-0.2, -0.15) is 0 Å². The Balaban J connectivity index is 2.21. The summed E-state index contributed by atoms with van der Waals surface area (Å²) in [6, 6.07) is 13.6. The normalized spacial score (nSPS) is 12.0. The largest absolute Gasteiger partial charge is 0.459 e. The lowest BCUT2D eigenvalue weighted by Crippen LogP contribution is -2.20. The highest BCUT2D eigenvalue weighted by Crippen LogP contribution is 2.38. The van der Waals surface area contributed by atoms with Crippen LogP contribution in [0.2, 0.25) is 5.02 Å². The van der Waals surface area contributed by atoms with E-state index in [2.05, 4.69) is 0 Å². The minimum absolute atomic E-state index is 0.0922. The third-order valence-corrected chi connectivity index (χ3v) is 5.24. The van der Waals surface area contributed by atoms with Crippen molar-refractivity contribution in [3.8, 4) is 0 Å². The van der Waals surface area contributed by atoms with Crippen molar-refractivity contribution in [2.24, 2.45) is 0 Å². The Morgan fingerprint density at radius 2 is 1.83 bits per heavy atom. The first kappa shape index (κ1) is 21.7. The SMILES string of the molecule is CC(C)OC(=O)c1ccc(N(c2ccc(Cl)c([N+](=O)[O-])c2)S(=O)O)c2ccccc12. The summed E-state index contributed by atoms with van der Waals surface area (Å²) in [4.78, 5) is 23.0. The second-order valence-corrected chi connectivity index (χ2v) is 7.78. The van der Waals surface area contributed by atoms with Crippen LogP contribution in [-0.2, 0) is 16.0 Å². The van der Waals surface area contributed by atoms with Crippen LogP contribution >= 0.6 is 11.6 Å². The van der Waals surface area contributed by atoms with E-state index in [1.54, 1.807) is 38.1 Å². The van der Waals surface area contributed by atoms with Crippen LogP contribution in [0.1, 0.15) is 24.2 Å². The smallest absolute Gasteiger partial charge is 0.339 e. The van der Waals surface area contributed by atoms with Crippen molar-refractivity contribution in [3.05, 3.63) is 75.3 Å². The first-order valence-electron chi connectivity index (χ1n) is 8.78. The molecule has 1 N–H and O–H groups in total. The van der Waals surface area contributed by atoms with Gasteiger partial charge in [-0.3, -0.25) is 14.7 Å². The summed E-state index contributed by atoms with van der Waals surface area (Å²) in [5.41, 5.74) is 0.276. The number of fused-ring (bicyclic) bond motifs is 1. The number of anilines is 2. The number of hydrogen-bond acceptors (Lipinski definition) is 5. The highest BCUT2D eigenvalue weighted by molar-refractivity contribution is 7.81. The molecular weight excluding hydrogens is 432 g/mol. The molecule has 0 amide bonds. The lowest BCUT2D eigenvalue weighted by Gasteiger charge is -2.22. The van der Waals surface area contributed by atoms with Crippen molar-refractivity contribution >= 4 is 56.7 Å². The van der Waals surface area contributed by atoms with E-state index >= 15 is 0 Å². The van der Waals surface area contributed by atoms with E-state index in [9.17, 15) is 23.7 Å². The van der Waals surface area contributed by atoms with Gasteiger partial charge in [-0.05, 0) is 43.5 Å². The molecular formula is C20H17ClN2O6S. The first-order valence-corrected chi connectivity index (χ1v) is 10.2. The quantitative estimate of drug-likeness (QED) is 0.239. The molecule has 0 spiro atoms. The van der Waals surface area contributed by atoms with Gasteiger partial charge in [-0.25, -0.2) is 13.3 Å². The van der Waals surface area contributed by atoms with Gasteiger partial charge in [0.05, 0.1) is 28.0 Å². The number of rotatable bonds is 6. The van der Waals surface area contributed by atoms with Gasteiger partial charge in [0.25, 0.3) is 17.0 Å². The second-order valence-electron chi connectivity index (χ2n) is 6.55. The third kappa shape index (κ3) is 4.28. The zero-order valence-corrected chi connectivity index (χ0v) is 17.5. The topological polar surface area (TPSA) is 110 Å². The summed E-state index contributed by atoms with van der Waals surface area (Å²) in [5.74, 6) is -0.522. The number of carbonyl (C=O) groups excluding carboxylic acids is 1. The Bertz CT molecular complexity index is 1170. The number of nitro groups is 1. The minimum atomic E-state index is -2.56. The first-order chi connectivity index (χ1) is 14.2. The number of nitrogens with zero attached hydrogens (tertiary/aromatic N) is 2. The number of halogens is 1. The minimum Gasteiger partial charge on any atom is -0.459 e. The van der Waals surface area contributed by atoms with Gasteiger partial charge >= 0.3 is 5.97 Å². The van der Waals surface area contributed by atoms with Crippen molar-refractivity contribution in [1.82, 2.24) is 0 Å². The molecule has 10 heteroatoms. The average molecular weight is 449 g/mol. The highest BCUT2D eigenvalue weighted by atomic mass is 35.5. The van der Waals surface area contributed by atoms with E-state index in [-0.39, 0.29) is 22.5 Å². The Morgan fingerprint density at radius 1 is 1.17 bits per heavy atom. The van der Waals surface area contributed by atoms with Gasteiger partial charge in [-0.1, -0.05) is 35.9 Å². The van der Waals surface area contributed by atoms with E-state index in [0.717, 1.165) is 10.4 Å². The maximum atomic E-state index is 12.5. The maximum Gasteiger partial charge on any atom is 0.339 e. The number of hydrogen-bond donors (Lipinski definition) is 1. The Labute approximate surface area is 179 Å². The molecule has 0 fully saturated rings. The van der Waals surface area contributed by atoms with Crippen LogP contribution in [0.15, 0.2) is 54.6 Å². The predicted octanol–water partition coefficient (Wildman–Crippen LogP) is 5.24. The van der Waals surface area contributed by atoms with Gasteiger partial charge in [0.15, 0.2) is 0 Å². The Morgan fingerprint density at radius 3 is 2.43 bits per heavy atom. The van der Waals surface area contributed by atoms with Crippen molar-refractivity contribution in [2.75, 3.05) is 4.31 Å². The lowest BCUT2D eigenvalue weighted by atomic mass is 10.0. The number of ether oxygens (including phenoxy) is 1. The Hall–Kier alpha value is -3.01. The van der Waals surface area contributed by atoms with Gasteiger partial charge in [0.1, 0.15) is 5.02 Å². The maximum absolute atomic E-state index is 12.5. The van der Waals surface area contributed by atoms with Crippen molar-refractivity contribution in [3.63, 3.8) is 0 Å². The number of nitro benzene ring substituents is 1. The molecule has 0 saturated carbocycles. The standard InChI is InChI=1S/C20H17ClN2O6S/c1-12(2)29-20(24)16-8-10-18(15-6-4-3-5-14(15)16)22(30(27)28)13-7-9-17(21)19(11-13)23(25)26/h3-12H,1-2H3,(H,27,28). The van der Waals surface area contributed by atoms with Crippen molar-refractivity contribution < 1.29 is 23.2 Å². The number of benzene rings is 3. The summed E-state index contributed by atoms with van der Waals surface area (Å²) in [7, 11) is 0. The van der Waals surface area contributed by atoms with Crippen molar-refractivity contribution in [1.29, 1.82) is 0 Å². The van der Waals surface area contributed by atoms with Crippen LogP contribution < -0.4 is 4.31 Å². The molecule has 1 unspecified atom stereocenters. The fourth-order valence-electron chi connectivity index (χ4n) is 3.00. The van der Waals surface area contributed by atoms with Crippen molar-refractivity contribution in [2.45, 2.75) is 20.0 Å². The monoisotopic (exact) mass is 448 g/mol. The highest BCUT2D eigenvalue weighted by Gasteiger charge is 2.24. The molecule has 0 aliphatic carbocycles. The van der Waals surface area contributed by atoms with Gasteiger partial charge in [0.2, 0.25) is 0 Å². The Kier molecular flexibility index (Phi) is 6.35. The molecule has 3 aromatic rings. The van der Waals surface area contributed by atoms with Crippen LogP contribution in [0.5, 0.6) is 0 Å². The molecule has 8 nitrogen and oxygen atoms in total. The summed E-state index contributed by atoms with van der Waals surface area (Å²) in [6.45, 7) is 3.47. The molecule has 0 aliphatic heterocycles. The second kappa shape index (κ2) is 8.78. The van der Waals surface area contributed by atoms with Crippen LogP contribution in [0.3, 0.4) is 0 Å². The van der Waals surface area contributed by atoms with Crippen LogP contribution in [-0.4, -0.2) is 25.8 Å². The molecule has 0 aromatic heterocycles. The summed E-state index contributed by atoms with van der Waals surface area (Å²) in [6.07, 6.45) is -0.313. The average Bonchev–Trinajstić information content (AvgIpc) is 2.68. The summed E-state index contributed by atoms with van der Waals surface area (Å²) < 4.78 is 28.5. The van der Waals surface area contributed by atoms with Crippen LogP contribution in [0.4, 0.5) is 17.1 Å². The number of carbonyl (C=O) groups is 1. The van der Waals surface area contributed by atoms with E-state index < -0.39 is 27.8 Å². The molecule has 0 radical (unpaired) electrons. The molecule has 0 aliphatic rings. The zero-order valence-electron chi connectivity index (χ0n) is 15.9. The molecule has 0 heterocycles. The van der Waals surface area contributed by atoms with Gasteiger partial charge < -0.3 is 4.74 Å². The summed E-state index contributed by atoms with van der Waals surface area (Å²) in [5, 5.41) is 12.2. The lowest BCUT2D eigenvalue weighted by molar-refractivity contribution is -0.384. The molecule has 3 rings (SSSR count). The molecule has 0 bridgehead atoms. The summed E-state index contributed by atoms with van der Waals surface area (Å²) >= 11 is 3.30. The zero-order chi connectivity index (χ0) is 22.0. The molecule has 156 valence electrons. The molecule has 1 atom stereocenters. The molecule has 30 heavy (non-hydrogen) atoms. The fourth-order valence-corrected chi connectivity index (χ4v) is 3.80. The van der Waals surface area contributed by atoms with E-state index in [1.165, 1.54) is 24.3 Å². The van der Waals surface area contributed by atoms with E-state index in [0.29, 0.717) is 16.3 Å². The van der Waals surface area contributed by atoms with E-state index in [4.69, 9.17) is 16.3 Å². The third-order valence-electron chi connectivity index (χ3n) is 4.20. The van der Waals surface area contributed by atoms with Gasteiger partial charge in [0, 0.05) is 11.5 Å². The van der Waals surface area contributed by atoms with Crippen LogP contribution in [0.25, 0.3) is 10.8 Å².